The van der Waals surface area contributed by atoms with Gasteiger partial charge in [0.05, 0.1) is 11.7 Å². The van der Waals surface area contributed by atoms with Gasteiger partial charge < -0.3 is 4.74 Å². The Morgan fingerprint density at radius 2 is 1.65 bits per heavy atom. The van der Waals surface area contributed by atoms with E-state index >= 15 is 0 Å². The van der Waals surface area contributed by atoms with Crippen molar-refractivity contribution in [1.82, 2.24) is 0 Å². The summed E-state index contributed by atoms with van der Waals surface area (Å²) in [4.78, 5) is 0. The van der Waals surface area contributed by atoms with E-state index in [0.717, 1.165) is 74.5 Å². The lowest BCUT2D eigenvalue weighted by Gasteiger charge is -2.29. The molecule has 1 nitrogen and oxygen atoms in total. The molecule has 0 amide bonds. The molecule has 0 N–H and O–H groups in total. The Bertz CT molecular complexity index is 918. The van der Waals surface area contributed by atoms with Crippen LogP contribution in [0.25, 0.3) is 0 Å². The molecule has 1 aliphatic rings. The molecule has 3 rings (SSSR count). The Morgan fingerprint density at radius 3 is 2.26 bits per heavy atom. The van der Waals surface area contributed by atoms with Crippen LogP contribution in [0.5, 0.6) is 0 Å². The average Bonchev–Trinajstić information content (AvgIpc) is 2.79. The molecule has 2 aromatic carbocycles. The quantitative estimate of drug-likeness (QED) is 0.231. The molecular formula is C29H38F4O. The van der Waals surface area contributed by atoms with Crippen LogP contribution in [0.15, 0.2) is 36.4 Å². The molecule has 0 bridgehead atoms. The minimum atomic E-state index is -3.87. The molecule has 1 saturated carbocycles. The van der Waals surface area contributed by atoms with Crippen LogP contribution in [0, 0.1) is 17.6 Å². The summed E-state index contributed by atoms with van der Waals surface area (Å²) in [6, 6.07) is 8.57. The first-order valence-electron chi connectivity index (χ1n) is 12.9. The van der Waals surface area contributed by atoms with Crippen molar-refractivity contribution in [1.29, 1.82) is 0 Å². The monoisotopic (exact) mass is 478 g/mol. The summed E-state index contributed by atoms with van der Waals surface area (Å²) in [7, 11) is 0. The van der Waals surface area contributed by atoms with Crippen LogP contribution in [0.1, 0.15) is 113 Å². The molecule has 34 heavy (non-hydrogen) atoms. The summed E-state index contributed by atoms with van der Waals surface area (Å²) in [5.41, 5.74) is 0.836. The van der Waals surface area contributed by atoms with Crippen LogP contribution < -0.4 is 0 Å². The van der Waals surface area contributed by atoms with Crippen molar-refractivity contribution in [2.24, 2.45) is 5.92 Å². The van der Waals surface area contributed by atoms with E-state index in [1.165, 1.54) is 38.0 Å². The van der Waals surface area contributed by atoms with Gasteiger partial charge in [-0.15, -0.1) is 0 Å². The molecule has 0 radical (unpaired) electrons. The van der Waals surface area contributed by atoms with Gasteiger partial charge in [-0.3, -0.25) is 0 Å². The number of hydrogen-bond acceptors (Lipinski definition) is 1. The Labute approximate surface area is 201 Å². The van der Waals surface area contributed by atoms with Crippen LogP contribution in [-0.2, 0) is 17.3 Å². The predicted molar refractivity (Wildman–Crippen MR) is 129 cm³/mol. The van der Waals surface area contributed by atoms with Gasteiger partial charge in [-0.1, -0.05) is 57.7 Å². The molecular weight excluding hydrogens is 440 g/mol. The molecule has 1 atom stereocenters. The van der Waals surface area contributed by atoms with E-state index in [-0.39, 0.29) is 11.5 Å². The van der Waals surface area contributed by atoms with Crippen LogP contribution in [0.2, 0.25) is 0 Å². The molecule has 5 heteroatoms. The van der Waals surface area contributed by atoms with E-state index in [2.05, 4.69) is 13.8 Å². The van der Waals surface area contributed by atoms with Crippen molar-refractivity contribution in [3.8, 4) is 0 Å². The zero-order chi connectivity index (χ0) is 24.7. The lowest BCUT2D eigenvalue weighted by molar-refractivity contribution is -0.273. The average molecular weight is 479 g/mol. The lowest BCUT2D eigenvalue weighted by atomic mass is 9.77. The predicted octanol–water partition coefficient (Wildman–Crippen LogP) is 9.60. The van der Waals surface area contributed by atoms with Crippen molar-refractivity contribution in [2.45, 2.75) is 103 Å². The van der Waals surface area contributed by atoms with Crippen molar-refractivity contribution in [3.63, 3.8) is 0 Å². The fourth-order valence-electron chi connectivity index (χ4n) is 5.20. The number of halogens is 4. The third-order valence-electron chi connectivity index (χ3n) is 7.22. The zero-order valence-electron chi connectivity index (χ0n) is 20.7. The molecule has 0 spiro atoms. The number of alkyl halides is 2. The second-order valence-electron chi connectivity index (χ2n) is 9.84. The van der Waals surface area contributed by atoms with Gasteiger partial charge in [-0.2, -0.15) is 8.78 Å². The maximum atomic E-state index is 14.9. The second-order valence-corrected chi connectivity index (χ2v) is 9.84. The van der Waals surface area contributed by atoms with E-state index in [4.69, 9.17) is 4.74 Å². The SMILES string of the molecule is CCCCCc1ccc(C(C)OC(F)(F)c2ccc(C3CCC(CCC)CC3)cc2F)c(F)c1. The van der Waals surface area contributed by atoms with Gasteiger partial charge >= 0.3 is 6.11 Å². The normalized spacial score (nSPS) is 19.9. The number of aryl methyl sites for hydroxylation is 1. The van der Waals surface area contributed by atoms with Crippen molar-refractivity contribution < 1.29 is 22.3 Å². The Morgan fingerprint density at radius 1 is 0.912 bits per heavy atom. The van der Waals surface area contributed by atoms with Gasteiger partial charge in [0.1, 0.15) is 11.6 Å². The fourth-order valence-corrected chi connectivity index (χ4v) is 5.20. The van der Waals surface area contributed by atoms with Gasteiger partial charge in [-0.25, -0.2) is 8.78 Å². The van der Waals surface area contributed by atoms with Gasteiger partial charge in [0.2, 0.25) is 0 Å². The molecule has 0 aromatic heterocycles. The number of benzene rings is 2. The number of ether oxygens (including phenoxy) is 1. The van der Waals surface area contributed by atoms with Crippen molar-refractivity contribution in [2.75, 3.05) is 0 Å². The molecule has 0 saturated heterocycles. The summed E-state index contributed by atoms with van der Waals surface area (Å²) in [6.07, 6.45) is 5.22. The molecule has 188 valence electrons. The Balaban J connectivity index is 1.66. The van der Waals surface area contributed by atoms with E-state index in [0.29, 0.717) is 0 Å². The maximum Gasteiger partial charge on any atom is 0.386 e. The molecule has 1 unspecified atom stereocenters. The van der Waals surface area contributed by atoms with Crippen LogP contribution in [0.4, 0.5) is 17.6 Å². The zero-order valence-corrected chi connectivity index (χ0v) is 20.7. The van der Waals surface area contributed by atoms with Crippen molar-refractivity contribution >= 4 is 0 Å². The number of rotatable bonds is 11. The standard InChI is InChI=1S/C29H38F4O/c1-4-6-7-9-22-12-16-25(27(30)18-22)20(3)34-29(32,33)26-17-15-24(19-28(26)31)23-13-10-21(8-5-2)11-14-23/h12,15-21,23H,4-11,13-14H2,1-3H3. The molecule has 0 aliphatic heterocycles. The van der Waals surface area contributed by atoms with E-state index in [1.807, 2.05) is 0 Å². The summed E-state index contributed by atoms with van der Waals surface area (Å²) in [5.74, 6) is -0.630. The first-order valence-corrected chi connectivity index (χ1v) is 12.9. The Hall–Kier alpha value is -1.88. The van der Waals surface area contributed by atoms with Crippen LogP contribution >= 0.6 is 0 Å². The fraction of sp³-hybridized carbons (Fsp3) is 0.586. The third kappa shape index (κ3) is 6.84. The van der Waals surface area contributed by atoms with Crippen LogP contribution in [-0.4, -0.2) is 0 Å². The highest BCUT2D eigenvalue weighted by Gasteiger charge is 2.39. The number of unbranched alkanes of at least 4 members (excludes halogenated alkanes) is 2. The van der Waals surface area contributed by atoms with E-state index < -0.39 is 29.4 Å². The minimum Gasteiger partial charge on any atom is -0.308 e. The minimum absolute atomic E-state index is 0.0415. The smallest absolute Gasteiger partial charge is 0.308 e. The van der Waals surface area contributed by atoms with E-state index in [1.54, 1.807) is 12.1 Å². The highest BCUT2D eigenvalue weighted by atomic mass is 19.3. The molecule has 2 aromatic rings. The first-order chi connectivity index (χ1) is 16.2. The molecule has 1 fully saturated rings. The summed E-state index contributed by atoms with van der Waals surface area (Å²) in [5, 5.41) is 0. The van der Waals surface area contributed by atoms with Gasteiger partial charge in [0.15, 0.2) is 0 Å². The first kappa shape index (κ1) is 26.7. The molecule has 0 heterocycles. The van der Waals surface area contributed by atoms with Crippen molar-refractivity contribution in [3.05, 3.63) is 70.3 Å². The highest BCUT2D eigenvalue weighted by molar-refractivity contribution is 5.30. The summed E-state index contributed by atoms with van der Waals surface area (Å²) in [6.45, 7) is 5.64. The number of hydrogen-bond donors (Lipinski definition) is 0. The van der Waals surface area contributed by atoms with E-state index in [9.17, 15) is 17.6 Å². The van der Waals surface area contributed by atoms with Gasteiger partial charge in [-0.05, 0) is 86.6 Å². The Kier molecular flexibility index (Phi) is 9.58. The topological polar surface area (TPSA) is 9.23 Å². The van der Waals surface area contributed by atoms with Crippen LogP contribution in [0.3, 0.4) is 0 Å². The van der Waals surface area contributed by atoms with Gasteiger partial charge in [0, 0.05) is 5.56 Å². The summed E-state index contributed by atoms with van der Waals surface area (Å²) < 4.78 is 64.1. The highest BCUT2D eigenvalue weighted by Crippen LogP contribution is 2.41. The lowest BCUT2D eigenvalue weighted by Crippen LogP contribution is -2.23. The van der Waals surface area contributed by atoms with Gasteiger partial charge in [0.25, 0.3) is 0 Å². The largest absolute Gasteiger partial charge is 0.386 e. The molecule has 1 aliphatic carbocycles. The maximum absolute atomic E-state index is 14.9. The summed E-state index contributed by atoms with van der Waals surface area (Å²) >= 11 is 0. The third-order valence-corrected chi connectivity index (χ3v) is 7.22. The second kappa shape index (κ2) is 12.2.